The molecule has 1 aromatic carbocycles. The van der Waals surface area contributed by atoms with Crippen molar-refractivity contribution in [2.75, 3.05) is 13.2 Å². The van der Waals surface area contributed by atoms with Gasteiger partial charge in [0.1, 0.15) is 5.75 Å². The molecule has 0 aliphatic rings. The molecule has 2 aromatic rings. The Labute approximate surface area is 110 Å². The van der Waals surface area contributed by atoms with Crippen molar-refractivity contribution in [3.05, 3.63) is 40.7 Å². The molecule has 0 atom stereocenters. The molecular formula is C13H16N2O4. The molecule has 0 saturated heterocycles. The smallest absolute Gasteiger partial charge is 0.441 e. The number of aromatic nitrogens is 2. The van der Waals surface area contributed by atoms with E-state index in [2.05, 4.69) is 5.10 Å². The van der Waals surface area contributed by atoms with Gasteiger partial charge in [0.2, 0.25) is 5.89 Å². The SMILES string of the molecule is CCOc1ccc(-n2nc(CCCO)oc2=O)cc1. The van der Waals surface area contributed by atoms with Gasteiger partial charge in [-0.3, -0.25) is 0 Å². The molecule has 0 unspecified atom stereocenters. The lowest BCUT2D eigenvalue weighted by molar-refractivity contribution is 0.282. The van der Waals surface area contributed by atoms with E-state index in [1.54, 1.807) is 24.3 Å². The molecule has 0 amide bonds. The van der Waals surface area contributed by atoms with Crippen LogP contribution in [0.2, 0.25) is 0 Å². The van der Waals surface area contributed by atoms with Crippen LogP contribution in [-0.4, -0.2) is 28.1 Å². The van der Waals surface area contributed by atoms with E-state index in [0.29, 0.717) is 31.0 Å². The Morgan fingerprint density at radius 2 is 2.11 bits per heavy atom. The predicted molar refractivity (Wildman–Crippen MR) is 68.7 cm³/mol. The molecule has 0 aliphatic carbocycles. The maximum absolute atomic E-state index is 11.7. The van der Waals surface area contributed by atoms with Crippen LogP contribution in [0.1, 0.15) is 19.2 Å². The average molecular weight is 264 g/mol. The number of hydrogen-bond donors (Lipinski definition) is 1. The molecule has 1 aromatic heterocycles. The van der Waals surface area contributed by atoms with Gasteiger partial charge in [-0.05, 0) is 37.6 Å². The molecule has 0 aliphatic heterocycles. The van der Waals surface area contributed by atoms with Crippen LogP contribution >= 0.6 is 0 Å². The van der Waals surface area contributed by atoms with Crippen molar-refractivity contribution in [1.29, 1.82) is 0 Å². The van der Waals surface area contributed by atoms with Crippen molar-refractivity contribution in [3.8, 4) is 11.4 Å². The Kier molecular flexibility index (Phi) is 4.35. The maximum Gasteiger partial charge on any atom is 0.441 e. The first-order valence-corrected chi connectivity index (χ1v) is 6.17. The fraction of sp³-hybridized carbons (Fsp3) is 0.385. The summed E-state index contributed by atoms with van der Waals surface area (Å²) in [6.07, 6.45) is 0.957. The second kappa shape index (κ2) is 6.19. The Morgan fingerprint density at radius 3 is 2.74 bits per heavy atom. The molecule has 1 heterocycles. The van der Waals surface area contributed by atoms with Crippen LogP contribution in [0.4, 0.5) is 0 Å². The second-order valence-corrected chi connectivity index (χ2v) is 3.93. The van der Waals surface area contributed by atoms with E-state index in [1.807, 2.05) is 6.92 Å². The summed E-state index contributed by atoms with van der Waals surface area (Å²) >= 11 is 0. The van der Waals surface area contributed by atoms with Crippen LogP contribution in [0.5, 0.6) is 5.75 Å². The first kappa shape index (κ1) is 13.4. The summed E-state index contributed by atoms with van der Waals surface area (Å²) in [5.74, 6) is 0.535. The highest BCUT2D eigenvalue weighted by molar-refractivity contribution is 5.36. The van der Waals surface area contributed by atoms with Crippen molar-refractivity contribution in [1.82, 2.24) is 9.78 Å². The van der Waals surface area contributed by atoms with Gasteiger partial charge in [-0.2, -0.15) is 4.68 Å². The molecule has 1 N–H and O–H groups in total. The predicted octanol–water partition coefficient (Wildman–Crippen LogP) is 1.15. The number of benzene rings is 1. The quantitative estimate of drug-likeness (QED) is 0.846. The summed E-state index contributed by atoms with van der Waals surface area (Å²) in [5, 5.41) is 12.8. The van der Waals surface area contributed by atoms with Gasteiger partial charge in [-0.25, -0.2) is 4.79 Å². The fourth-order valence-electron chi connectivity index (χ4n) is 1.66. The molecule has 6 nitrogen and oxygen atoms in total. The Balaban J connectivity index is 2.21. The highest BCUT2D eigenvalue weighted by Crippen LogP contribution is 2.14. The third kappa shape index (κ3) is 3.23. The third-order valence-electron chi connectivity index (χ3n) is 2.53. The summed E-state index contributed by atoms with van der Waals surface area (Å²) in [6.45, 7) is 2.54. The van der Waals surface area contributed by atoms with E-state index in [9.17, 15) is 4.79 Å². The maximum atomic E-state index is 11.7. The molecule has 0 fully saturated rings. The molecule has 0 bridgehead atoms. The minimum absolute atomic E-state index is 0.0413. The van der Waals surface area contributed by atoms with Gasteiger partial charge in [0.25, 0.3) is 0 Å². The van der Waals surface area contributed by atoms with Crippen molar-refractivity contribution in [2.45, 2.75) is 19.8 Å². The summed E-state index contributed by atoms with van der Waals surface area (Å²) in [6, 6.07) is 7.02. The van der Waals surface area contributed by atoms with Crippen LogP contribution in [0.25, 0.3) is 5.69 Å². The molecule has 2 rings (SSSR count). The first-order chi connectivity index (χ1) is 9.24. The van der Waals surface area contributed by atoms with Gasteiger partial charge >= 0.3 is 5.76 Å². The van der Waals surface area contributed by atoms with E-state index in [4.69, 9.17) is 14.3 Å². The zero-order valence-corrected chi connectivity index (χ0v) is 10.7. The number of rotatable bonds is 6. The number of aryl methyl sites for hydroxylation is 1. The number of nitrogens with zero attached hydrogens (tertiary/aromatic N) is 2. The molecule has 102 valence electrons. The van der Waals surface area contributed by atoms with Gasteiger partial charge in [0.15, 0.2) is 0 Å². The van der Waals surface area contributed by atoms with Crippen molar-refractivity contribution >= 4 is 0 Å². The number of hydrogen-bond acceptors (Lipinski definition) is 5. The van der Waals surface area contributed by atoms with E-state index >= 15 is 0 Å². The topological polar surface area (TPSA) is 77.5 Å². The van der Waals surface area contributed by atoms with Crippen molar-refractivity contribution in [3.63, 3.8) is 0 Å². The van der Waals surface area contributed by atoms with Gasteiger partial charge in [-0.15, -0.1) is 5.10 Å². The van der Waals surface area contributed by atoms with Crippen LogP contribution in [0.3, 0.4) is 0 Å². The molecule has 6 heteroatoms. The van der Waals surface area contributed by atoms with Gasteiger partial charge in [0.05, 0.1) is 12.3 Å². The summed E-state index contributed by atoms with van der Waals surface area (Å²) in [5.41, 5.74) is 0.618. The number of ether oxygens (including phenoxy) is 1. The lowest BCUT2D eigenvalue weighted by Gasteiger charge is -2.03. The summed E-state index contributed by atoms with van der Waals surface area (Å²) < 4.78 is 11.5. The molecule has 0 spiro atoms. The van der Waals surface area contributed by atoms with E-state index in [-0.39, 0.29) is 6.61 Å². The van der Waals surface area contributed by atoms with E-state index in [1.165, 1.54) is 4.68 Å². The van der Waals surface area contributed by atoms with Crippen LogP contribution in [0.15, 0.2) is 33.5 Å². The van der Waals surface area contributed by atoms with Crippen LogP contribution < -0.4 is 10.5 Å². The molecule has 19 heavy (non-hydrogen) atoms. The van der Waals surface area contributed by atoms with Crippen molar-refractivity contribution < 1.29 is 14.3 Å². The van der Waals surface area contributed by atoms with E-state index in [0.717, 1.165) is 5.75 Å². The second-order valence-electron chi connectivity index (χ2n) is 3.93. The molecule has 0 saturated carbocycles. The van der Waals surface area contributed by atoms with Crippen molar-refractivity contribution in [2.24, 2.45) is 0 Å². The minimum Gasteiger partial charge on any atom is -0.494 e. The van der Waals surface area contributed by atoms with Gasteiger partial charge < -0.3 is 14.3 Å². The lowest BCUT2D eigenvalue weighted by atomic mass is 10.3. The Morgan fingerprint density at radius 1 is 1.37 bits per heavy atom. The largest absolute Gasteiger partial charge is 0.494 e. The number of aliphatic hydroxyl groups excluding tert-OH is 1. The zero-order chi connectivity index (χ0) is 13.7. The fourth-order valence-corrected chi connectivity index (χ4v) is 1.66. The highest BCUT2D eigenvalue weighted by atomic mass is 16.5. The first-order valence-electron chi connectivity index (χ1n) is 6.17. The summed E-state index contributed by atoms with van der Waals surface area (Å²) in [4.78, 5) is 11.7. The highest BCUT2D eigenvalue weighted by Gasteiger charge is 2.09. The lowest BCUT2D eigenvalue weighted by Crippen LogP contribution is -2.13. The average Bonchev–Trinajstić information content (AvgIpc) is 2.79. The standard InChI is InChI=1S/C13H16N2O4/c1-2-18-11-7-5-10(6-8-11)15-13(17)19-12(14-15)4-3-9-16/h5-8,16H,2-4,9H2,1H3. The third-order valence-corrected chi connectivity index (χ3v) is 2.53. The Bertz CT molecular complexity index is 571. The molecule has 0 radical (unpaired) electrons. The molecular weight excluding hydrogens is 248 g/mol. The van der Waals surface area contributed by atoms with Gasteiger partial charge in [0, 0.05) is 13.0 Å². The van der Waals surface area contributed by atoms with Crippen LogP contribution in [0, 0.1) is 0 Å². The monoisotopic (exact) mass is 264 g/mol. The zero-order valence-electron chi connectivity index (χ0n) is 10.7. The van der Waals surface area contributed by atoms with E-state index < -0.39 is 5.76 Å². The van der Waals surface area contributed by atoms with Crippen LogP contribution in [-0.2, 0) is 6.42 Å². The summed E-state index contributed by atoms with van der Waals surface area (Å²) in [7, 11) is 0. The normalized spacial score (nSPS) is 10.6. The Hall–Kier alpha value is -2.08. The number of aliphatic hydroxyl groups is 1. The van der Waals surface area contributed by atoms with Gasteiger partial charge in [-0.1, -0.05) is 0 Å². The minimum atomic E-state index is -0.530.